The molecule has 0 atom stereocenters. The first kappa shape index (κ1) is 26.2. The molecule has 0 unspecified atom stereocenters. The molecule has 0 spiro atoms. The van der Waals surface area contributed by atoms with Gasteiger partial charge in [0.05, 0.1) is 0 Å². The Morgan fingerprint density at radius 1 is 0.636 bits per heavy atom. The lowest BCUT2D eigenvalue weighted by molar-refractivity contribution is -0.123. The summed E-state index contributed by atoms with van der Waals surface area (Å²) in [5, 5.41) is 5.58. The summed E-state index contributed by atoms with van der Waals surface area (Å²) in [6.45, 7) is 13.7. The summed E-state index contributed by atoms with van der Waals surface area (Å²) in [6, 6.07) is 15.6. The number of amides is 2. The van der Waals surface area contributed by atoms with Gasteiger partial charge in [-0.05, 0) is 52.6 Å². The van der Waals surface area contributed by atoms with Crippen molar-refractivity contribution in [2.24, 2.45) is 0 Å². The molecule has 2 aromatic rings. The number of hydrogen-bond acceptors (Lipinski definition) is 4. The van der Waals surface area contributed by atoms with Crippen LogP contribution >= 0.6 is 0 Å². The summed E-state index contributed by atoms with van der Waals surface area (Å²) < 4.78 is 11.1. The molecule has 0 saturated carbocycles. The fourth-order valence-electron chi connectivity index (χ4n) is 3.05. The summed E-state index contributed by atoms with van der Waals surface area (Å²) in [5.41, 5.74) is 2.58. The number of nitrogens with one attached hydrogen (secondary N) is 2. The van der Waals surface area contributed by atoms with Gasteiger partial charge in [-0.3, -0.25) is 9.59 Å². The predicted molar refractivity (Wildman–Crippen MR) is 132 cm³/mol. The van der Waals surface area contributed by atoms with Crippen LogP contribution in [0.1, 0.15) is 59.1 Å². The van der Waals surface area contributed by atoms with E-state index in [0.29, 0.717) is 31.0 Å². The summed E-state index contributed by atoms with van der Waals surface area (Å²) in [5.74, 6) is 0.948. The number of rotatable bonds is 10. The highest BCUT2D eigenvalue weighted by molar-refractivity contribution is 5.78. The first-order valence-electron chi connectivity index (χ1n) is 11.5. The third-order valence-corrected chi connectivity index (χ3v) is 5.18. The Morgan fingerprint density at radius 3 is 1.27 bits per heavy atom. The monoisotopic (exact) mass is 454 g/mol. The third-order valence-electron chi connectivity index (χ3n) is 5.18. The van der Waals surface area contributed by atoms with E-state index in [9.17, 15) is 9.59 Å². The molecule has 33 heavy (non-hydrogen) atoms. The Bertz CT molecular complexity index is 816. The molecule has 0 heterocycles. The normalized spacial score (nSPS) is 11.6. The molecule has 2 N–H and O–H groups in total. The number of carbonyl (C=O) groups is 2. The van der Waals surface area contributed by atoms with Crippen molar-refractivity contribution in [3.05, 3.63) is 59.7 Å². The van der Waals surface area contributed by atoms with Gasteiger partial charge in [0.2, 0.25) is 0 Å². The molecule has 180 valence electrons. The van der Waals surface area contributed by atoms with Gasteiger partial charge in [-0.1, -0.05) is 65.8 Å². The van der Waals surface area contributed by atoms with Gasteiger partial charge in [-0.15, -0.1) is 0 Å². The van der Waals surface area contributed by atoms with Gasteiger partial charge < -0.3 is 20.1 Å². The van der Waals surface area contributed by atoms with Crippen LogP contribution in [0.3, 0.4) is 0 Å². The van der Waals surface area contributed by atoms with E-state index in [4.69, 9.17) is 9.47 Å². The molecule has 0 aliphatic carbocycles. The Kier molecular flexibility index (Phi) is 9.32. The van der Waals surface area contributed by atoms with Crippen LogP contribution < -0.4 is 20.1 Å². The first-order valence-corrected chi connectivity index (χ1v) is 11.5. The van der Waals surface area contributed by atoms with Crippen molar-refractivity contribution in [3.63, 3.8) is 0 Å². The van der Waals surface area contributed by atoms with Crippen LogP contribution in [-0.4, -0.2) is 38.1 Å². The molecule has 2 amide bonds. The summed E-state index contributed by atoms with van der Waals surface area (Å²) in [7, 11) is 0. The first-order chi connectivity index (χ1) is 15.4. The van der Waals surface area contributed by atoms with Crippen molar-refractivity contribution < 1.29 is 19.1 Å². The second kappa shape index (κ2) is 11.7. The van der Waals surface area contributed by atoms with Gasteiger partial charge >= 0.3 is 0 Å². The van der Waals surface area contributed by atoms with Crippen molar-refractivity contribution in [1.82, 2.24) is 10.6 Å². The maximum absolute atomic E-state index is 11.9. The molecule has 0 saturated heterocycles. The van der Waals surface area contributed by atoms with E-state index in [1.807, 2.05) is 48.5 Å². The van der Waals surface area contributed by atoms with E-state index < -0.39 is 0 Å². The van der Waals surface area contributed by atoms with Crippen LogP contribution in [0.25, 0.3) is 0 Å². The highest BCUT2D eigenvalue weighted by Crippen LogP contribution is 2.25. The van der Waals surface area contributed by atoms with Crippen molar-refractivity contribution in [1.29, 1.82) is 0 Å². The fraction of sp³-hybridized carbons (Fsp3) is 0.481. The Hall–Kier alpha value is -3.02. The average molecular weight is 455 g/mol. The van der Waals surface area contributed by atoms with Crippen molar-refractivity contribution >= 4 is 11.8 Å². The zero-order chi connectivity index (χ0) is 24.5. The molecule has 0 aromatic heterocycles. The molecule has 0 bridgehead atoms. The zero-order valence-electron chi connectivity index (χ0n) is 20.8. The summed E-state index contributed by atoms with van der Waals surface area (Å²) in [4.78, 5) is 23.9. The fourth-order valence-corrected chi connectivity index (χ4v) is 3.05. The minimum absolute atomic E-state index is 0.0386. The minimum atomic E-state index is -0.191. The second-order valence-corrected chi connectivity index (χ2v) is 10.2. The van der Waals surface area contributed by atoms with Crippen molar-refractivity contribution in [2.75, 3.05) is 26.3 Å². The van der Waals surface area contributed by atoms with E-state index in [1.54, 1.807) is 0 Å². The van der Waals surface area contributed by atoms with Crippen molar-refractivity contribution in [2.45, 2.75) is 58.8 Å². The SMILES string of the molecule is CC(C)(C)c1ccc(OCC(=O)NCCCNC(=O)COc2ccc(C(C)(C)C)cc2)cc1. The predicted octanol–water partition coefficient (Wildman–Crippen LogP) is 4.36. The highest BCUT2D eigenvalue weighted by Gasteiger charge is 2.14. The quantitative estimate of drug-likeness (QED) is 0.523. The number of hydrogen-bond donors (Lipinski definition) is 2. The Morgan fingerprint density at radius 2 is 0.970 bits per heavy atom. The molecule has 0 aliphatic heterocycles. The van der Waals surface area contributed by atoms with Crippen LogP contribution in [0.15, 0.2) is 48.5 Å². The zero-order valence-corrected chi connectivity index (χ0v) is 20.8. The second-order valence-electron chi connectivity index (χ2n) is 10.2. The summed E-state index contributed by atoms with van der Waals surface area (Å²) in [6.07, 6.45) is 0.623. The Balaban J connectivity index is 1.56. The molecular formula is C27H38N2O4. The lowest BCUT2D eigenvalue weighted by Gasteiger charge is -2.19. The molecule has 2 rings (SSSR count). The van der Waals surface area contributed by atoms with E-state index in [2.05, 4.69) is 52.2 Å². The molecule has 0 aliphatic rings. The highest BCUT2D eigenvalue weighted by atomic mass is 16.5. The maximum Gasteiger partial charge on any atom is 0.257 e. The third kappa shape index (κ3) is 9.56. The van der Waals surface area contributed by atoms with E-state index in [-0.39, 0.29) is 35.9 Å². The molecule has 6 nitrogen and oxygen atoms in total. The topological polar surface area (TPSA) is 76.7 Å². The van der Waals surface area contributed by atoms with Crippen LogP contribution in [0, 0.1) is 0 Å². The number of benzene rings is 2. The lowest BCUT2D eigenvalue weighted by Crippen LogP contribution is -2.34. The van der Waals surface area contributed by atoms with Crippen molar-refractivity contribution in [3.8, 4) is 11.5 Å². The van der Waals surface area contributed by atoms with Gasteiger partial charge in [0.15, 0.2) is 13.2 Å². The Labute approximate surface area is 198 Å². The number of ether oxygens (including phenoxy) is 2. The smallest absolute Gasteiger partial charge is 0.257 e. The standard InChI is InChI=1S/C27H38N2O4/c1-26(2,3)20-8-12-22(13-9-20)32-18-24(30)28-16-7-17-29-25(31)19-33-23-14-10-21(11-15-23)27(4,5)6/h8-15H,7,16-19H2,1-6H3,(H,28,30)(H,29,31). The van der Waals surface area contributed by atoms with Crippen LogP contribution in [-0.2, 0) is 20.4 Å². The van der Waals surface area contributed by atoms with Crippen LogP contribution in [0.4, 0.5) is 0 Å². The molecule has 0 fully saturated rings. The van der Waals surface area contributed by atoms with Gasteiger partial charge in [0.25, 0.3) is 11.8 Å². The van der Waals surface area contributed by atoms with E-state index >= 15 is 0 Å². The lowest BCUT2D eigenvalue weighted by atomic mass is 9.87. The maximum atomic E-state index is 11.9. The average Bonchev–Trinajstić information content (AvgIpc) is 2.75. The minimum Gasteiger partial charge on any atom is -0.484 e. The molecule has 6 heteroatoms. The van der Waals surface area contributed by atoms with Gasteiger partial charge in [-0.2, -0.15) is 0 Å². The number of carbonyl (C=O) groups excluding carboxylic acids is 2. The molecule has 0 radical (unpaired) electrons. The van der Waals surface area contributed by atoms with Crippen LogP contribution in [0.2, 0.25) is 0 Å². The molecular weight excluding hydrogens is 416 g/mol. The van der Waals surface area contributed by atoms with Crippen LogP contribution in [0.5, 0.6) is 11.5 Å². The summed E-state index contributed by atoms with van der Waals surface area (Å²) >= 11 is 0. The van der Waals surface area contributed by atoms with E-state index in [0.717, 1.165) is 0 Å². The van der Waals surface area contributed by atoms with Gasteiger partial charge in [0, 0.05) is 13.1 Å². The van der Waals surface area contributed by atoms with Gasteiger partial charge in [-0.25, -0.2) is 0 Å². The molecule has 2 aromatic carbocycles. The van der Waals surface area contributed by atoms with Gasteiger partial charge in [0.1, 0.15) is 11.5 Å². The largest absolute Gasteiger partial charge is 0.484 e. The van der Waals surface area contributed by atoms with E-state index in [1.165, 1.54) is 11.1 Å².